The molecule has 0 radical (unpaired) electrons. The molecule has 1 aromatic rings. The van der Waals surface area contributed by atoms with E-state index in [0.717, 1.165) is 37.7 Å². The van der Waals surface area contributed by atoms with E-state index < -0.39 is 0 Å². The summed E-state index contributed by atoms with van der Waals surface area (Å²) in [6.45, 7) is 6.41. The maximum Gasteiger partial charge on any atom is 0.0897 e. The van der Waals surface area contributed by atoms with Gasteiger partial charge in [0.1, 0.15) is 0 Å². The molecule has 2 N–H and O–H groups in total. The summed E-state index contributed by atoms with van der Waals surface area (Å²) in [7, 11) is 0. The zero-order chi connectivity index (χ0) is 11.4. The molecule has 16 heavy (non-hydrogen) atoms. The lowest BCUT2D eigenvalue weighted by Gasteiger charge is -2.27. The average molecular weight is 241 g/mol. The van der Waals surface area contributed by atoms with Gasteiger partial charge in [0.15, 0.2) is 0 Å². The van der Waals surface area contributed by atoms with Crippen molar-refractivity contribution in [3.63, 3.8) is 0 Å². The van der Waals surface area contributed by atoms with Crippen LogP contribution >= 0.6 is 11.3 Å². The molecular formula is C11H19N3OS. The smallest absolute Gasteiger partial charge is 0.0897 e. The summed E-state index contributed by atoms with van der Waals surface area (Å²) in [6.07, 6.45) is 3.05. The third-order valence-corrected chi connectivity index (χ3v) is 3.90. The lowest BCUT2D eigenvalue weighted by molar-refractivity contribution is 0.133. The average Bonchev–Trinajstić information content (AvgIpc) is 2.55. The van der Waals surface area contributed by atoms with Gasteiger partial charge >= 0.3 is 0 Å². The molecule has 0 aliphatic carbocycles. The van der Waals surface area contributed by atoms with Crippen molar-refractivity contribution in [3.8, 4) is 0 Å². The van der Waals surface area contributed by atoms with Gasteiger partial charge in [-0.25, -0.2) is 4.98 Å². The highest BCUT2D eigenvalue weighted by Crippen LogP contribution is 2.25. The molecule has 1 fully saturated rings. The van der Waals surface area contributed by atoms with Crippen LogP contribution in [0.3, 0.4) is 0 Å². The molecular weight excluding hydrogens is 222 g/mol. The van der Waals surface area contributed by atoms with E-state index in [1.807, 2.05) is 13.1 Å². The van der Waals surface area contributed by atoms with Crippen LogP contribution in [0.2, 0.25) is 0 Å². The fraction of sp³-hybridized carbons (Fsp3) is 0.727. The van der Waals surface area contributed by atoms with E-state index in [4.69, 9.17) is 10.5 Å². The van der Waals surface area contributed by atoms with E-state index in [1.165, 1.54) is 4.88 Å². The summed E-state index contributed by atoms with van der Waals surface area (Å²) < 4.78 is 5.47. The van der Waals surface area contributed by atoms with Crippen molar-refractivity contribution in [2.24, 2.45) is 5.73 Å². The van der Waals surface area contributed by atoms with Gasteiger partial charge in [-0.15, -0.1) is 11.3 Å². The number of nitrogens with zero attached hydrogens (tertiary/aromatic N) is 2. The van der Waals surface area contributed by atoms with Crippen LogP contribution in [0.15, 0.2) is 6.20 Å². The molecule has 0 bridgehead atoms. The van der Waals surface area contributed by atoms with Gasteiger partial charge in [0.05, 0.1) is 17.7 Å². The van der Waals surface area contributed by atoms with Crippen LogP contribution in [0.25, 0.3) is 0 Å². The molecule has 1 aromatic heterocycles. The van der Waals surface area contributed by atoms with Crippen LogP contribution in [0, 0.1) is 6.92 Å². The Balaban J connectivity index is 2.08. The standard InChI is InChI=1S/C11H19N3OS/c1-9-13-8-11(16-9)10(7-12)14-3-2-5-15-6-4-14/h8,10H,2-7,12H2,1H3. The SMILES string of the molecule is Cc1ncc(C(CN)N2CCCOCC2)s1. The minimum atomic E-state index is 0.313. The number of thiazole rings is 1. The van der Waals surface area contributed by atoms with E-state index >= 15 is 0 Å². The lowest BCUT2D eigenvalue weighted by Crippen LogP contribution is -2.35. The predicted octanol–water partition coefficient (Wildman–Crippen LogP) is 1.17. The molecule has 1 aliphatic rings. The molecule has 0 spiro atoms. The largest absolute Gasteiger partial charge is 0.380 e. The van der Waals surface area contributed by atoms with Crippen molar-refractivity contribution in [2.45, 2.75) is 19.4 Å². The molecule has 2 heterocycles. The third-order valence-electron chi connectivity index (χ3n) is 2.89. The Morgan fingerprint density at radius 1 is 1.56 bits per heavy atom. The first-order chi connectivity index (χ1) is 7.81. The van der Waals surface area contributed by atoms with Gasteiger partial charge in [0.2, 0.25) is 0 Å². The zero-order valence-electron chi connectivity index (χ0n) is 9.69. The van der Waals surface area contributed by atoms with Crippen molar-refractivity contribution >= 4 is 11.3 Å². The van der Waals surface area contributed by atoms with Crippen molar-refractivity contribution in [1.82, 2.24) is 9.88 Å². The van der Waals surface area contributed by atoms with Crippen LogP contribution in [-0.2, 0) is 4.74 Å². The second kappa shape index (κ2) is 5.72. The summed E-state index contributed by atoms with van der Waals surface area (Å²) in [4.78, 5) is 8.00. The fourth-order valence-corrected chi connectivity index (χ4v) is 2.99. The zero-order valence-corrected chi connectivity index (χ0v) is 10.5. The fourth-order valence-electron chi connectivity index (χ4n) is 2.05. The molecule has 0 amide bonds. The highest BCUT2D eigenvalue weighted by Gasteiger charge is 2.21. The topological polar surface area (TPSA) is 51.4 Å². The number of hydrogen-bond donors (Lipinski definition) is 1. The molecule has 0 saturated carbocycles. The Kier molecular flexibility index (Phi) is 4.29. The first kappa shape index (κ1) is 12.0. The molecule has 2 rings (SSSR count). The highest BCUT2D eigenvalue weighted by molar-refractivity contribution is 7.11. The van der Waals surface area contributed by atoms with Crippen LogP contribution in [-0.4, -0.2) is 42.7 Å². The predicted molar refractivity (Wildman–Crippen MR) is 65.7 cm³/mol. The van der Waals surface area contributed by atoms with Crippen molar-refractivity contribution in [2.75, 3.05) is 32.8 Å². The van der Waals surface area contributed by atoms with E-state index in [1.54, 1.807) is 11.3 Å². The highest BCUT2D eigenvalue weighted by atomic mass is 32.1. The third kappa shape index (κ3) is 2.79. The van der Waals surface area contributed by atoms with Crippen molar-refractivity contribution in [1.29, 1.82) is 0 Å². The molecule has 4 nitrogen and oxygen atoms in total. The summed E-state index contributed by atoms with van der Waals surface area (Å²) in [5.74, 6) is 0. The minimum Gasteiger partial charge on any atom is -0.380 e. The van der Waals surface area contributed by atoms with Crippen molar-refractivity contribution in [3.05, 3.63) is 16.1 Å². The normalized spacial score (nSPS) is 20.6. The van der Waals surface area contributed by atoms with Crippen LogP contribution < -0.4 is 5.73 Å². The van der Waals surface area contributed by atoms with Gasteiger partial charge in [0, 0.05) is 37.3 Å². The number of nitrogens with two attached hydrogens (primary N) is 1. The quantitative estimate of drug-likeness (QED) is 0.863. The summed E-state index contributed by atoms with van der Waals surface area (Å²) in [6, 6.07) is 0.313. The summed E-state index contributed by atoms with van der Waals surface area (Å²) in [5, 5.41) is 1.11. The Morgan fingerprint density at radius 3 is 3.12 bits per heavy atom. The van der Waals surface area contributed by atoms with Crippen LogP contribution in [0.4, 0.5) is 0 Å². The van der Waals surface area contributed by atoms with E-state index in [0.29, 0.717) is 12.6 Å². The molecule has 5 heteroatoms. The second-order valence-electron chi connectivity index (χ2n) is 4.04. The van der Waals surface area contributed by atoms with Gasteiger partial charge in [-0.2, -0.15) is 0 Å². The maximum atomic E-state index is 5.89. The molecule has 1 atom stereocenters. The molecule has 90 valence electrons. The molecule has 0 aromatic carbocycles. The van der Waals surface area contributed by atoms with E-state index in [9.17, 15) is 0 Å². The van der Waals surface area contributed by atoms with Gasteiger partial charge in [-0.05, 0) is 13.3 Å². The van der Waals surface area contributed by atoms with Gasteiger partial charge in [-0.1, -0.05) is 0 Å². The van der Waals surface area contributed by atoms with Crippen LogP contribution in [0.1, 0.15) is 22.3 Å². The summed E-state index contributed by atoms with van der Waals surface area (Å²) in [5.41, 5.74) is 5.89. The van der Waals surface area contributed by atoms with Gasteiger partial charge in [0.25, 0.3) is 0 Å². The first-order valence-corrected chi connectivity index (χ1v) is 6.57. The van der Waals surface area contributed by atoms with Crippen molar-refractivity contribution < 1.29 is 4.74 Å². The monoisotopic (exact) mass is 241 g/mol. The van der Waals surface area contributed by atoms with Gasteiger partial charge < -0.3 is 10.5 Å². The Labute approximate surface area is 100 Å². The Morgan fingerprint density at radius 2 is 2.44 bits per heavy atom. The Bertz CT molecular complexity index is 321. The lowest BCUT2D eigenvalue weighted by atomic mass is 10.2. The number of hydrogen-bond acceptors (Lipinski definition) is 5. The summed E-state index contributed by atoms with van der Waals surface area (Å²) >= 11 is 1.75. The number of ether oxygens (including phenoxy) is 1. The van der Waals surface area contributed by atoms with E-state index in [-0.39, 0.29) is 0 Å². The Hall–Kier alpha value is -0.490. The molecule has 1 unspecified atom stereocenters. The van der Waals surface area contributed by atoms with Gasteiger partial charge in [-0.3, -0.25) is 4.90 Å². The molecule has 1 aliphatic heterocycles. The molecule has 1 saturated heterocycles. The number of aryl methyl sites for hydroxylation is 1. The number of rotatable bonds is 3. The minimum absolute atomic E-state index is 0.313. The maximum absolute atomic E-state index is 5.89. The first-order valence-electron chi connectivity index (χ1n) is 5.75. The number of aromatic nitrogens is 1. The van der Waals surface area contributed by atoms with Crippen LogP contribution in [0.5, 0.6) is 0 Å². The van der Waals surface area contributed by atoms with E-state index in [2.05, 4.69) is 9.88 Å². The second-order valence-corrected chi connectivity index (χ2v) is 5.30.